The quantitative estimate of drug-likeness (QED) is 0.200. The van der Waals surface area contributed by atoms with E-state index in [9.17, 15) is 20.1 Å². The van der Waals surface area contributed by atoms with Crippen LogP contribution >= 0.6 is 0 Å². The Labute approximate surface area is 177 Å². The number of hydrogen-bond acceptors (Lipinski definition) is 7. The van der Waals surface area contributed by atoms with Crippen LogP contribution in [-0.4, -0.2) is 38.1 Å². The van der Waals surface area contributed by atoms with Gasteiger partial charge >= 0.3 is 0 Å². The van der Waals surface area contributed by atoms with Gasteiger partial charge in [-0.05, 0) is 37.5 Å². The fourth-order valence-electron chi connectivity index (χ4n) is 3.60. The van der Waals surface area contributed by atoms with Crippen molar-refractivity contribution in [1.82, 2.24) is 9.78 Å². The average molecular weight is 423 g/mol. The average Bonchev–Trinajstić information content (AvgIpc) is 3.22. The number of nitrogens with one attached hydrogen (secondary N) is 1. The lowest BCUT2D eigenvalue weighted by Crippen LogP contribution is -2.28. The summed E-state index contributed by atoms with van der Waals surface area (Å²) in [5.41, 5.74) is 1.07. The Hall–Kier alpha value is -3.63. The SMILES string of the molecule is N=C(CC(=O)c1cccc([N+](=O)[O-])c1)N(O)c1ccc2c(cnn2C2CCCCO2)c1. The smallest absolute Gasteiger partial charge is 0.270 e. The summed E-state index contributed by atoms with van der Waals surface area (Å²) in [5, 5.41) is 35.2. The number of amidine groups is 1. The Balaban J connectivity index is 1.49. The summed E-state index contributed by atoms with van der Waals surface area (Å²) < 4.78 is 7.60. The highest BCUT2D eigenvalue weighted by Gasteiger charge is 2.21. The van der Waals surface area contributed by atoms with Gasteiger partial charge in [-0.1, -0.05) is 12.1 Å². The number of anilines is 1. The molecule has 4 rings (SSSR count). The molecule has 0 aliphatic carbocycles. The van der Waals surface area contributed by atoms with Gasteiger partial charge < -0.3 is 4.74 Å². The number of benzene rings is 2. The van der Waals surface area contributed by atoms with E-state index in [1.807, 2.05) is 4.68 Å². The summed E-state index contributed by atoms with van der Waals surface area (Å²) >= 11 is 0. The number of nitro groups is 1. The normalized spacial score (nSPS) is 16.2. The van der Waals surface area contributed by atoms with Gasteiger partial charge in [0, 0.05) is 29.7 Å². The van der Waals surface area contributed by atoms with Crippen molar-refractivity contribution in [3.05, 3.63) is 64.3 Å². The summed E-state index contributed by atoms with van der Waals surface area (Å²) in [5.74, 6) is -0.852. The molecule has 2 N–H and O–H groups in total. The fourth-order valence-corrected chi connectivity index (χ4v) is 3.60. The number of ether oxygens (including phenoxy) is 1. The second-order valence-electron chi connectivity index (χ2n) is 7.32. The van der Waals surface area contributed by atoms with Crippen molar-refractivity contribution < 1.29 is 19.7 Å². The zero-order chi connectivity index (χ0) is 22.0. The molecule has 1 unspecified atom stereocenters. The Bertz CT molecular complexity index is 1150. The number of aromatic nitrogens is 2. The first-order valence-corrected chi connectivity index (χ1v) is 9.87. The van der Waals surface area contributed by atoms with Gasteiger partial charge in [0.1, 0.15) is 5.84 Å². The van der Waals surface area contributed by atoms with Crippen LogP contribution in [0.3, 0.4) is 0 Å². The van der Waals surface area contributed by atoms with Crippen molar-refractivity contribution in [3.63, 3.8) is 0 Å². The Morgan fingerprint density at radius 1 is 1.32 bits per heavy atom. The predicted molar refractivity (Wildman–Crippen MR) is 113 cm³/mol. The van der Waals surface area contributed by atoms with Crippen LogP contribution in [0.4, 0.5) is 11.4 Å². The molecular weight excluding hydrogens is 402 g/mol. The van der Waals surface area contributed by atoms with Crippen LogP contribution in [0.1, 0.15) is 42.3 Å². The van der Waals surface area contributed by atoms with Gasteiger partial charge in [-0.25, -0.2) is 9.75 Å². The number of hydrogen-bond donors (Lipinski definition) is 2. The largest absolute Gasteiger partial charge is 0.356 e. The van der Waals surface area contributed by atoms with Crippen LogP contribution in [0.15, 0.2) is 48.7 Å². The van der Waals surface area contributed by atoms with Crippen molar-refractivity contribution in [2.24, 2.45) is 0 Å². The van der Waals surface area contributed by atoms with E-state index >= 15 is 0 Å². The van der Waals surface area contributed by atoms with Crippen LogP contribution < -0.4 is 5.06 Å². The highest BCUT2D eigenvalue weighted by atomic mass is 16.6. The van der Waals surface area contributed by atoms with E-state index < -0.39 is 17.1 Å². The third kappa shape index (κ3) is 4.30. The zero-order valence-corrected chi connectivity index (χ0v) is 16.6. The number of rotatable bonds is 6. The number of fused-ring (bicyclic) bond motifs is 1. The lowest BCUT2D eigenvalue weighted by molar-refractivity contribution is -0.384. The molecule has 10 nitrogen and oxygen atoms in total. The molecule has 2 aromatic carbocycles. The zero-order valence-electron chi connectivity index (χ0n) is 16.6. The molecule has 0 bridgehead atoms. The van der Waals surface area contributed by atoms with E-state index in [-0.39, 0.29) is 23.3 Å². The standard InChI is InChI=1S/C21H21N5O5/c22-20(12-19(27)14-4-3-5-17(10-14)26(29)30)25(28)16-7-8-18-15(11-16)13-23-24(18)21-6-1-2-9-31-21/h3-5,7-8,10-11,13,21-22,28H,1-2,6,9,12H2. The molecule has 0 saturated carbocycles. The molecule has 1 atom stereocenters. The van der Waals surface area contributed by atoms with Crippen LogP contribution in [0.2, 0.25) is 0 Å². The number of carbonyl (C=O) groups is 1. The minimum absolute atomic E-state index is 0.108. The number of ketones is 1. The molecule has 1 aliphatic heterocycles. The number of nitro benzene ring substituents is 1. The third-order valence-corrected chi connectivity index (χ3v) is 5.21. The predicted octanol–water partition coefficient (Wildman–Crippen LogP) is 4.09. The second kappa shape index (κ2) is 8.62. The van der Waals surface area contributed by atoms with E-state index in [0.29, 0.717) is 17.4 Å². The summed E-state index contributed by atoms with van der Waals surface area (Å²) in [4.78, 5) is 22.7. The number of nitrogens with zero attached hydrogens (tertiary/aromatic N) is 4. The molecular formula is C21H21N5O5. The van der Waals surface area contributed by atoms with Gasteiger partial charge in [0.2, 0.25) is 0 Å². The highest BCUT2D eigenvalue weighted by Crippen LogP contribution is 2.28. The Kier molecular flexibility index (Phi) is 5.74. The first kappa shape index (κ1) is 20.6. The van der Waals surface area contributed by atoms with Gasteiger partial charge in [0.25, 0.3) is 5.69 Å². The Morgan fingerprint density at radius 2 is 2.16 bits per heavy atom. The molecule has 160 valence electrons. The molecule has 2 heterocycles. The number of hydroxylamine groups is 1. The molecule has 0 spiro atoms. The lowest BCUT2D eigenvalue weighted by Gasteiger charge is -2.23. The van der Waals surface area contributed by atoms with Gasteiger partial charge in [0.05, 0.1) is 28.7 Å². The maximum atomic E-state index is 12.4. The van der Waals surface area contributed by atoms with Crippen molar-refractivity contribution in [1.29, 1.82) is 5.41 Å². The highest BCUT2D eigenvalue weighted by molar-refractivity contribution is 6.12. The van der Waals surface area contributed by atoms with Gasteiger partial charge in [-0.15, -0.1) is 0 Å². The molecule has 31 heavy (non-hydrogen) atoms. The van der Waals surface area contributed by atoms with Crippen LogP contribution in [-0.2, 0) is 4.74 Å². The summed E-state index contributed by atoms with van der Waals surface area (Å²) in [6.07, 6.45) is 4.14. The third-order valence-electron chi connectivity index (χ3n) is 5.21. The molecule has 10 heteroatoms. The summed E-state index contributed by atoms with van der Waals surface area (Å²) in [6, 6.07) is 10.4. The number of Topliss-reactive ketones (excluding diaryl/α,β-unsaturated/α-hetero) is 1. The molecule has 1 aromatic heterocycles. The molecule has 1 saturated heterocycles. The van der Waals surface area contributed by atoms with E-state index in [1.165, 1.54) is 18.2 Å². The van der Waals surface area contributed by atoms with Crippen LogP contribution in [0.5, 0.6) is 0 Å². The Morgan fingerprint density at radius 3 is 2.90 bits per heavy atom. The fraction of sp³-hybridized carbons (Fsp3) is 0.286. The lowest BCUT2D eigenvalue weighted by atomic mass is 10.1. The van der Waals surface area contributed by atoms with Crippen LogP contribution in [0, 0.1) is 15.5 Å². The number of carbonyl (C=O) groups excluding carboxylic acids is 1. The first-order valence-electron chi connectivity index (χ1n) is 9.87. The molecule has 3 aromatic rings. The van der Waals surface area contributed by atoms with E-state index in [1.54, 1.807) is 24.4 Å². The van der Waals surface area contributed by atoms with Gasteiger partial charge in [0.15, 0.2) is 12.0 Å². The summed E-state index contributed by atoms with van der Waals surface area (Å²) in [6.45, 7) is 0.699. The maximum absolute atomic E-state index is 12.4. The molecule has 0 radical (unpaired) electrons. The van der Waals surface area contributed by atoms with Gasteiger partial charge in [-0.2, -0.15) is 5.10 Å². The van der Waals surface area contributed by atoms with E-state index in [0.717, 1.165) is 36.2 Å². The van der Waals surface area contributed by atoms with Crippen molar-refractivity contribution in [3.8, 4) is 0 Å². The summed E-state index contributed by atoms with van der Waals surface area (Å²) in [7, 11) is 0. The van der Waals surface area contributed by atoms with E-state index in [2.05, 4.69) is 5.10 Å². The minimum atomic E-state index is -0.589. The number of non-ortho nitro benzene ring substituents is 1. The maximum Gasteiger partial charge on any atom is 0.270 e. The molecule has 0 amide bonds. The molecule has 1 fully saturated rings. The topological polar surface area (TPSA) is 135 Å². The van der Waals surface area contributed by atoms with Crippen molar-refractivity contribution >= 4 is 33.9 Å². The van der Waals surface area contributed by atoms with E-state index in [4.69, 9.17) is 10.1 Å². The molecule has 1 aliphatic rings. The second-order valence-corrected chi connectivity index (χ2v) is 7.32. The van der Waals surface area contributed by atoms with Crippen molar-refractivity contribution in [2.75, 3.05) is 11.7 Å². The minimum Gasteiger partial charge on any atom is -0.356 e. The van der Waals surface area contributed by atoms with Crippen LogP contribution in [0.25, 0.3) is 10.9 Å². The van der Waals surface area contributed by atoms with Crippen molar-refractivity contribution in [2.45, 2.75) is 31.9 Å². The van der Waals surface area contributed by atoms with Gasteiger partial charge in [-0.3, -0.25) is 25.5 Å². The first-order chi connectivity index (χ1) is 14.9. The monoisotopic (exact) mass is 423 g/mol.